The minimum Gasteiger partial charge on any atom is -0.383 e. The molecule has 0 aliphatic carbocycles. The first-order valence-electron chi connectivity index (χ1n) is 7.33. The topological polar surface area (TPSA) is 24.5 Å². The summed E-state index contributed by atoms with van der Waals surface area (Å²) in [5.74, 6) is 0. The molecule has 1 rings (SSSR count). The molecule has 1 N–H and O–H groups in total. The highest BCUT2D eigenvalue weighted by atomic mass is 16.5. The second-order valence-electron chi connectivity index (χ2n) is 6.47. The van der Waals surface area contributed by atoms with Crippen molar-refractivity contribution in [3.8, 4) is 0 Å². The zero-order valence-corrected chi connectivity index (χ0v) is 13.9. The second-order valence-corrected chi connectivity index (χ2v) is 6.47. The van der Waals surface area contributed by atoms with E-state index in [4.69, 9.17) is 4.74 Å². The summed E-state index contributed by atoms with van der Waals surface area (Å²) in [6, 6.07) is 9.33. The Balaban J connectivity index is 2.70. The highest BCUT2D eigenvalue weighted by Crippen LogP contribution is 2.24. The lowest BCUT2D eigenvalue weighted by Crippen LogP contribution is -2.33. The summed E-state index contributed by atoms with van der Waals surface area (Å²) >= 11 is 0. The molecule has 1 unspecified atom stereocenters. The number of nitrogens with one attached hydrogen (secondary N) is 1. The monoisotopic (exact) mass is 278 g/mol. The van der Waals surface area contributed by atoms with Gasteiger partial charge in [0.25, 0.3) is 0 Å². The van der Waals surface area contributed by atoms with Crippen molar-refractivity contribution < 1.29 is 4.74 Å². The van der Waals surface area contributed by atoms with E-state index in [0.717, 1.165) is 19.7 Å². The molecule has 0 fully saturated rings. The Morgan fingerprint density at radius 1 is 1.20 bits per heavy atom. The average Bonchev–Trinajstić information content (AvgIpc) is 2.41. The third kappa shape index (κ3) is 5.23. The van der Waals surface area contributed by atoms with Crippen molar-refractivity contribution in [3.05, 3.63) is 35.4 Å². The number of methoxy groups -OCH3 is 1. The maximum absolute atomic E-state index is 5.12. The van der Waals surface area contributed by atoms with Gasteiger partial charge in [-0.2, -0.15) is 0 Å². The van der Waals surface area contributed by atoms with Gasteiger partial charge in [-0.25, -0.2) is 0 Å². The van der Waals surface area contributed by atoms with Crippen LogP contribution in [0.3, 0.4) is 0 Å². The van der Waals surface area contributed by atoms with Crippen LogP contribution < -0.4 is 5.32 Å². The maximum atomic E-state index is 5.12. The lowest BCUT2D eigenvalue weighted by molar-refractivity contribution is 0.156. The molecule has 0 amide bonds. The van der Waals surface area contributed by atoms with Crippen molar-refractivity contribution in [2.75, 3.05) is 40.9 Å². The number of ether oxygens (including phenoxy) is 1. The van der Waals surface area contributed by atoms with Crippen LogP contribution in [0.4, 0.5) is 0 Å². The molecule has 0 aromatic heterocycles. The summed E-state index contributed by atoms with van der Waals surface area (Å²) in [4.78, 5) is 2.29. The Labute approximate surface area is 124 Å². The number of nitrogens with zero attached hydrogens (tertiary/aromatic N) is 1. The van der Waals surface area contributed by atoms with E-state index in [-0.39, 0.29) is 5.41 Å². The van der Waals surface area contributed by atoms with Crippen LogP contribution in [-0.4, -0.2) is 45.8 Å². The highest BCUT2D eigenvalue weighted by Gasteiger charge is 2.15. The molecule has 0 spiro atoms. The molecule has 0 bridgehead atoms. The molecular weight excluding hydrogens is 248 g/mol. The molecule has 0 saturated carbocycles. The molecule has 0 radical (unpaired) electrons. The molecule has 114 valence electrons. The van der Waals surface area contributed by atoms with Crippen molar-refractivity contribution in [2.45, 2.75) is 32.2 Å². The van der Waals surface area contributed by atoms with Crippen LogP contribution in [-0.2, 0) is 10.2 Å². The van der Waals surface area contributed by atoms with Gasteiger partial charge in [0.05, 0.1) is 6.61 Å². The maximum Gasteiger partial charge on any atom is 0.0589 e. The van der Waals surface area contributed by atoms with E-state index >= 15 is 0 Å². The average molecular weight is 278 g/mol. The number of hydrogen-bond donors (Lipinski definition) is 1. The summed E-state index contributed by atoms with van der Waals surface area (Å²) in [6.07, 6.45) is 0. The van der Waals surface area contributed by atoms with Gasteiger partial charge < -0.3 is 15.0 Å². The zero-order valence-electron chi connectivity index (χ0n) is 13.9. The first-order chi connectivity index (χ1) is 9.38. The van der Waals surface area contributed by atoms with Crippen LogP contribution in [0.1, 0.15) is 37.9 Å². The summed E-state index contributed by atoms with van der Waals surface area (Å²) < 4.78 is 5.12. The fourth-order valence-electron chi connectivity index (χ4n) is 2.23. The Hall–Kier alpha value is -0.900. The Bertz CT molecular complexity index is 381. The third-order valence-electron chi connectivity index (χ3n) is 3.70. The van der Waals surface area contributed by atoms with Gasteiger partial charge in [-0.1, -0.05) is 45.0 Å². The molecule has 3 nitrogen and oxygen atoms in total. The number of hydrogen-bond acceptors (Lipinski definition) is 3. The van der Waals surface area contributed by atoms with Gasteiger partial charge in [-0.05, 0) is 30.6 Å². The molecule has 3 heteroatoms. The lowest BCUT2D eigenvalue weighted by atomic mass is 9.86. The summed E-state index contributed by atoms with van der Waals surface area (Å²) in [5, 5.41) is 3.40. The van der Waals surface area contributed by atoms with E-state index in [2.05, 4.69) is 62.3 Å². The van der Waals surface area contributed by atoms with Gasteiger partial charge in [-0.3, -0.25) is 0 Å². The number of benzene rings is 1. The van der Waals surface area contributed by atoms with E-state index in [0.29, 0.717) is 6.04 Å². The van der Waals surface area contributed by atoms with Gasteiger partial charge in [-0.15, -0.1) is 0 Å². The van der Waals surface area contributed by atoms with E-state index in [1.165, 1.54) is 11.1 Å². The van der Waals surface area contributed by atoms with E-state index in [1.807, 2.05) is 7.05 Å². The van der Waals surface area contributed by atoms with E-state index in [1.54, 1.807) is 7.11 Å². The first kappa shape index (κ1) is 17.2. The molecule has 0 saturated heterocycles. The standard InChI is InChI=1S/C17H30N2O/c1-17(2,3)15-9-7-14(8-10-15)16(18-4)13-19(5)11-12-20-6/h7-10,16,18H,11-13H2,1-6H3. The van der Waals surface area contributed by atoms with Crippen LogP contribution in [0, 0.1) is 0 Å². The zero-order chi connectivity index (χ0) is 15.2. The molecule has 0 aliphatic heterocycles. The molecule has 1 aromatic carbocycles. The van der Waals surface area contributed by atoms with Crippen LogP contribution in [0.15, 0.2) is 24.3 Å². The van der Waals surface area contributed by atoms with E-state index in [9.17, 15) is 0 Å². The van der Waals surface area contributed by atoms with Crippen LogP contribution >= 0.6 is 0 Å². The minimum atomic E-state index is 0.211. The fraction of sp³-hybridized carbons (Fsp3) is 0.647. The molecule has 0 heterocycles. The molecular formula is C17H30N2O. The van der Waals surface area contributed by atoms with Gasteiger partial charge in [0.15, 0.2) is 0 Å². The quantitative estimate of drug-likeness (QED) is 0.830. The second kappa shape index (κ2) is 7.77. The Kier molecular flexibility index (Phi) is 6.66. The largest absolute Gasteiger partial charge is 0.383 e. The smallest absolute Gasteiger partial charge is 0.0589 e. The highest BCUT2D eigenvalue weighted by molar-refractivity contribution is 5.29. The van der Waals surface area contributed by atoms with E-state index < -0.39 is 0 Å². The third-order valence-corrected chi connectivity index (χ3v) is 3.70. The first-order valence-corrected chi connectivity index (χ1v) is 7.33. The predicted octanol–water partition coefficient (Wildman–Crippen LogP) is 2.82. The fourth-order valence-corrected chi connectivity index (χ4v) is 2.23. The van der Waals surface area contributed by atoms with Crippen molar-refractivity contribution in [3.63, 3.8) is 0 Å². The van der Waals surface area contributed by atoms with Crippen molar-refractivity contribution in [2.24, 2.45) is 0 Å². The van der Waals surface area contributed by atoms with Crippen molar-refractivity contribution in [1.29, 1.82) is 0 Å². The van der Waals surface area contributed by atoms with Gasteiger partial charge in [0.1, 0.15) is 0 Å². The molecule has 20 heavy (non-hydrogen) atoms. The molecule has 1 atom stereocenters. The Morgan fingerprint density at radius 2 is 1.80 bits per heavy atom. The predicted molar refractivity (Wildman–Crippen MR) is 86.3 cm³/mol. The van der Waals surface area contributed by atoms with Crippen LogP contribution in [0.2, 0.25) is 0 Å². The number of rotatable bonds is 7. The molecule has 1 aromatic rings. The van der Waals surface area contributed by atoms with Crippen molar-refractivity contribution >= 4 is 0 Å². The summed E-state index contributed by atoms with van der Waals surface area (Å²) in [7, 11) is 5.90. The summed E-state index contributed by atoms with van der Waals surface area (Å²) in [6.45, 7) is 9.45. The number of likely N-dealkylation sites (N-methyl/N-ethyl adjacent to an activating group) is 2. The minimum absolute atomic E-state index is 0.211. The normalized spacial score (nSPS) is 13.8. The van der Waals surface area contributed by atoms with Crippen molar-refractivity contribution in [1.82, 2.24) is 10.2 Å². The van der Waals surface area contributed by atoms with Crippen LogP contribution in [0.5, 0.6) is 0 Å². The lowest BCUT2D eigenvalue weighted by Gasteiger charge is -2.25. The van der Waals surface area contributed by atoms with Crippen LogP contribution in [0.25, 0.3) is 0 Å². The molecule has 0 aliphatic rings. The van der Waals surface area contributed by atoms with Gasteiger partial charge >= 0.3 is 0 Å². The Morgan fingerprint density at radius 3 is 2.25 bits per heavy atom. The van der Waals surface area contributed by atoms with Gasteiger partial charge in [0, 0.05) is 26.2 Å². The SMILES string of the molecule is CNC(CN(C)CCOC)c1ccc(C(C)(C)C)cc1. The summed E-state index contributed by atoms with van der Waals surface area (Å²) in [5.41, 5.74) is 2.93. The van der Waals surface area contributed by atoms with Gasteiger partial charge in [0.2, 0.25) is 0 Å².